The largest absolute Gasteiger partial charge is 0.496 e. The van der Waals surface area contributed by atoms with Gasteiger partial charge in [-0.2, -0.15) is 0 Å². The number of aromatic nitrogens is 1. The van der Waals surface area contributed by atoms with Gasteiger partial charge in [-0.25, -0.2) is 0 Å². The van der Waals surface area contributed by atoms with E-state index in [1.165, 1.54) is 0 Å². The second kappa shape index (κ2) is 7.53. The van der Waals surface area contributed by atoms with Crippen LogP contribution in [0.1, 0.15) is 17.2 Å². The van der Waals surface area contributed by atoms with E-state index in [0.29, 0.717) is 13.1 Å². The average molecular weight is 341 g/mol. The van der Waals surface area contributed by atoms with Crippen molar-refractivity contribution in [2.24, 2.45) is 0 Å². The quantitative estimate of drug-likeness (QED) is 0.900. The maximum absolute atomic E-state index is 11.9. The highest BCUT2D eigenvalue weighted by atomic mass is 16.5. The summed E-state index contributed by atoms with van der Waals surface area (Å²) in [6.45, 7) is 4.92. The third-order valence-electron chi connectivity index (χ3n) is 4.68. The minimum absolute atomic E-state index is 0.635. The van der Waals surface area contributed by atoms with E-state index in [1.807, 2.05) is 42.2 Å². The molecule has 0 spiro atoms. The monoisotopic (exact) mass is 341 g/mol. The van der Waals surface area contributed by atoms with Gasteiger partial charge in [0.2, 0.25) is 0 Å². The fraction of sp³-hybridized carbons (Fsp3) is 0.368. The van der Waals surface area contributed by atoms with Gasteiger partial charge >= 0.3 is 5.97 Å². The topological polar surface area (TPSA) is 65.9 Å². The number of hydrogen-bond acceptors (Lipinski definition) is 5. The number of pyridine rings is 1. The van der Waals surface area contributed by atoms with Crippen molar-refractivity contribution in [3.8, 4) is 5.75 Å². The van der Waals surface area contributed by atoms with Crippen molar-refractivity contribution in [3.63, 3.8) is 0 Å². The molecule has 1 aliphatic rings. The lowest BCUT2D eigenvalue weighted by molar-refractivity contribution is -0.143. The van der Waals surface area contributed by atoms with Gasteiger partial charge in [-0.15, -0.1) is 0 Å². The van der Waals surface area contributed by atoms with Crippen LogP contribution in [0, 0.1) is 6.92 Å². The summed E-state index contributed by atoms with van der Waals surface area (Å²) < 4.78 is 5.28. The number of benzene rings is 1. The predicted octanol–water partition coefficient (Wildman–Crippen LogP) is 2.35. The van der Waals surface area contributed by atoms with Crippen molar-refractivity contribution in [1.82, 2.24) is 9.88 Å². The molecule has 6 heteroatoms. The van der Waals surface area contributed by atoms with Gasteiger partial charge in [0.15, 0.2) is 0 Å². The Morgan fingerprint density at radius 2 is 1.84 bits per heavy atom. The second-order valence-electron chi connectivity index (χ2n) is 6.20. The van der Waals surface area contributed by atoms with E-state index in [9.17, 15) is 9.90 Å². The Bertz CT molecular complexity index is 728. The standard InChI is InChI=1S/C19H23N3O3/c1-14-13-15(3-4-17(14)25-2)18(19(23)24)22-11-9-21(10-12-22)16-5-7-20-8-6-16/h3-8,13,18H,9-12H2,1-2H3,(H,23,24). The summed E-state index contributed by atoms with van der Waals surface area (Å²) in [4.78, 5) is 20.3. The van der Waals surface area contributed by atoms with E-state index in [-0.39, 0.29) is 0 Å². The zero-order chi connectivity index (χ0) is 17.8. The SMILES string of the molecule is COc1ccc(C(C(=O)O)N2CCN(c3ccncc3)CC2)cc1C. The van der Waals surface area contributed by atoms with Gasteiger partial charge in [0.05, 0.1) is 7.11 Å². The molecule has 0 bridgehead atoms. The molecular weight excluding hydrogens is 318 g/mol. The van der Waals surface area contributed by atoms with Crippen molar-refractivity contribution >= 4 is 11.7 Å². The second-order valence-corrected chi connectivity index (χ2v) is 6.20. The number of carboxylic acid groups (broad SMARTS) is 1. The molecule has 6 nitrogen and oxygen atoms in total. The van der Waals surface area contributed by atoms with E-state index in [1.54, 1.807) is 19.5 Å². The maximum Gasteiger partial charge on any atom is 0.325 e. The van der Waals surface area contributed by atoms with Gasteiger partial charge in [-0.05, 0) is 36.2 Å². The number of carboxylic acids is 1. The van der Waals surface area contributed by atoms with Crippen molar-refractivity contribution in [1.29, 1.82) is 0 Å². The van der Waals surface area contributed by atoms with E-state index >= 15 is 0 Å². The number of piperazine rings is 1. The Hall–Kier alpha value is -2.60. The summed E-state index contributed by atoms with van der Waals surface area (Å²) in [5.74, 6) is -0.0441. The molecule has 1 atom stereocenters. The van der Waals surface area contributed by atoms with Crippen LogP contribution >= 0.6 is 0 Å². The lowest BCUT2D eigenvalue weighted by Crippen LogP contribution is -2.49. The molecule has 1 N–H and O–H groups in total. The molecule has 0 radical (unpaired) electrons. The molecule has 0 saturated carbocycles. The molecule has 3 rings (SSSR count). The summed E-state index contributed by atoms with van der Waals surface area (Å²) in [6, 6.07) is 8.93. The molecule has 1 aliphatic heterocycles. The van der Waals surface area contributed by atoms with Crippen LogP contribution in [-0.2, 0) is 4.79 Å². The summed E-state index contributed by atoms with van der Waals surface area (Å²) in [7, 11) is 1.62. The molecule has 1 unspecified atom stereocenters. The molecule has 132 valence electrons. The zero-order valence-electron chi connectivity index (χ0n) is 14.6. The minimum Gasteiger partial charge on any atom is -0.496 e. The number of aliphatic carboxylic acids is 1. The number of aryl methyl sites for hydroxylation is 1. The first-order valence-electron chi connectivity index (χ1n) is 8.36. The molecule has 1 fully saturated rings. The molecule has 25 heavy (non-hydrogen) atoms. The lowest BCUT2D eigenvalue weighted by Gasteiger charge is -2.39. The molecule has 1 aromatic carbocycles. The Morgan fingerprint density at radius 1 is 1.16 bits per heavy atom. The lowest BCUT2D eigenvalue weighted by atomic mass is 10.0. The summed E-state index contributed by atoms with van der Waals surface area (Å²) in [5, 5.41) is 9.78. The summed E-state index contributed by atoms with van der Waals surface area (Å²) in [6.07, 6.45) is 3.56. The van der Waals surface area contributed by atoms with Crippen molar-refractivity contribution in [2.75, 3.05) is 38.2 Å². The molecule has 1 saturated heterocycles. The number of methoxy groups -OCH3 is 1. The van der Waals surface area contributed by atoms with E-state index in [0.717, 1.165) is 35.7 Å². The highest BCUT2D eigenvalue weighted by Gasteiger charge is 2.30. The molecule has 1 aromatic heterocycles. The van der Waals surface area contributed by atoms with Crippen molar-refractivity contribution in [2.45, 2.75) is 13.0 Å². The van der Waals surface area contributed by atoms with E-state index < -0.39 is 12.0 Å². The van der Waals surface area contributed by atoms with Crippen LogP contribution in [-0.4, -0.2) is 54.2 Å². The van der Waals surface area contributed by atoms with Crippen LogP contribution in [0.3, 0.4) is 0 Å². The fourth-order valence-corrected chi connectivity index (χ4v) is 3.37. The Morgan fingerprint density at radius 3 is 2.40 bits per heavy atom. The first-order chi connectivity index (χ1) is 12.1. The Balaban J connectivity index is 1.74. The number of nitrogens with zero attached hydrogens (tertiary/aromatic N) is 3. The highest BCUT2D eigenvalue weighted by Crippen LogP contribution is 2.28. The first kappa shape index (κ1) is 17.2. The van der Waals surface area contributed by atoms with Crippen LogP contribution in [0.2, 0.25) is 0 Å². The third kappa shape index (κ3) is 3.74. The van der Waals surface area contributed by atoms with Crippen molar-refractivity contribution in [3.05, 3.63) is 53.9 Å². The molecule has 0 aliphatic carbocycles. The third-order valence-corrected chi connectivity index (χ3v) is 4.68. The van der Waals surface area contributed by atoms with Gasteiger partial charge in [0.25, 0.3) is 0 Å². The number of carbonyl (C=O) groups is 1. The number of hydrogen-bond donors (Lipinski definition) is 1. The van der Waals surface area contributed by atoms with Crippen LogP contribution in [0.15, 0.2) is 42.7 Å². The van der Waals surface area contributed by atoms with Crippen LogP contribution < -0.4 is 9.64 Å². The summed E-state index contributed by atoms with van der Waals surface area (Å²) in [5.41, 5.74) is 2.87. The van der Waals surface area contributed by atoms with Gasteiger partial charge < -0.3 is 14.7 Å². The van der Waals surface area contributed by atoms with Gasteiger partial charge in [-0.3, -0.25) is 14.7 Å². The first-order valence-corrected chi connectivity index (χ1v) is 8.36. The highest BCUT2D eigenvalue weighted by molar-refractivity contribution is 5.76. The fourth-order valence-electron chi connectivity index (χ4n) is 3.37. The smallest absolute Gasteiger partial charge is 0.325 e. The van der Waals surface area contributed by atoms with Crippen LogP contribution in [0.4, 0.5) is 5.69 Å². The van der Waals surface area contributed by atoms with E-state index in [4.69, 9.17) is 4.74 Å². The molecule has 2 aromatic rings. The summed E-state index contributed by atoms with van der Waals surface area (Å²) >= 11 is 0. The number of rotatable bonds is 5. The maximum atomic E-state index is 11.9. The van der Waals surface area contributed by atoms with Gasteiger partial charge in [0, 0.05) is 44.3 Å². The van der Waals surface area contributed by atoms with Gasteiger partial charge in [0.1, 0.15) is 11.8 Å². The van der Waals surface area contributed by atoms with Crippen LogP contribution in [0.25, 0.3) is 0 Å². The van der Waals surface area contributed by atoms with E-state index in [2.05, 4.69) is 9.88 Å². The number of anilines is 1. The Kier molecular flexibility index (Phi) is 5.19. The molecule has 2 heterocycles. The zero-order valence-corrected chi connectivity index (χ0v) is 14.6. The average Bonchev–Trinajstić information content (AvgIpc) is 2.63. The molecular formula is C19H23N3O3. The predicted molar refractivity (Wildman–Crippen MR) is 96.1 cm³/mol. The molecule has 0 amide bonds. The normalized spacial score (nSPS) is 16.5. The minimum atomic E-state index is -0.818. The van der Waals surface area contributed by atoms with Gasteiger partial charge in [-0.1, -0.05) is 12.1 Å². The number of ether oxygens (including phenoxy) is 1. The van der Waals surface area contributed by atoms with Crippen LogP contribution in [0.5, 0.6) is 5.75 Å². The Labute approximate surface area is 147 Å². The van der Waals surface area contributed by atoms with Crippen molar-refractivity contribution < 1.29 is 14.6 Å².